The molecule has 1 unspecified atom stereocenters. The van der Waals surface area contributed by atoms with Crippen molar-refractivity contribution in [2.45, 2.75) is 71.4 Å². The zero-order valence-electron chi connectivity index (χ0n) is 12.3. The molecule has 2 nitrogen and oxygen atoms in total. The van der Waals surface area contributed by atoms with Crippen LogP contribution in [0.3, 0.4) is 0 Å². The molecule has 0 aromatic carbocycles. The van der Waals surface area contributed by atoms with Crippen molar-refractivity contribution in [3.8, 4) is 0 Å². The molecule has 17 heavy (non-hydrogen) atoms. The molecule has 0 amide bonds. The van der Waals surface area contributed by atoms with Crippen LogP contribution in [0.15, 0.2) is 0 Å². The number of nitrogens with one attached hydrogen (secondary N) is 1. The zero-order chi connectivity index (χ0) is 12.7. The van der Waals surface area contributed by atoms with Crippen molar-refractivity contribution in [1.82, 2.24) is 10.2 Å². The van der Waals surface area contributed by atoms with Gasteiger partial charge in [0, 0.05) is 25.2 Å². The summed E-state index contributed by atoms with van der Waals surface area (Å²) in [6, 6.07) is 1.48. The second-order valence-corrected chi connectivity index (χ2v) is 6.11. The van der Waals surface area contributed by atoms with E-state index >= 15 is 0 Å². The Morgan fingerprint density at radius 3 is 2.18 bits per heavy atom. The van der Waals surface area contributed by atoms with Crippen molar-refractivity contribution in [1.29, 1.82) is 0 Å². The van der Waals surface area contributed by atoms with E-state index in [9.17, 15) is 0 Å². The van der Waals surface area contributed by atoms with Crippen molar-refractivity contribution in [3.05, 3.63) is 0 Å². The Bertz CT molecular complexity index is 183. The Labute approximate surface area is 108 Å². The van der Waals surface area contributed by atoms with E-state index in [1.165, 1.54) is 45.1 Å². The van der Waals surface area contributed by atoms with Crippen LogP contribution in [0.5, 0.6) is 0 Å². The fourth-order valence-electron chi connectivity index (χ4n) is 2.59. The van der Waals surface area contributed by atoms with Gasteiger partial charge in [0.15, 0.2) is 0 Å². The van der Waals surface area contributed by atoms with E-state index in [4.69, 9.17) is 0 Å². The summed E-state index contributed by atoms with van der Waals surface area (Å²) in [6.07, 6.45) is 8.60. The van der Waals surface area contributed by atoms with Crippen LogP contribution < -0.4 is 5.32 Å². The minimum atomic E-state index is 0.637. The second kappa shape index (κ2) is 8.10. The van der Waals surface area contributed by atoms with Gasteiger partial charge < -0.3 is 10.2 Å². The topological polar surface area (TPSA) is 15.3 Å². The van der Waals surface area contributed by atoms with E-state index in [1.54, 1.807) is 0 Å². The number of nitrogens with zero attached hydrogens (tertiary/aromatic N) is 1. The smallest absolute Gasteiger partial charge is 0.0107 e. The van der Waals surface area contributed by atoms with Gasteiger partial charge in [0.2, 0.25) is 0 Å². The van der Waals surface area contributed by atoms with E-state index in [1.807, 2.05) is 0 Å². The van der Waals surface area contributed by atoms with E-state index in [0.717, 1.165) is 18.5 Å². The molecule has 2 heteroatoms. The average molecular weight is 240 g/mol. The monoisotopic (exact) mass is 240 g/mol. The number of likely N-dealkylation sites (N-methyl/N-ethyl adjacent to an activating group) is 1. The van der Waals surface area contributed by atoms with Gasteiger partial charge >= 0.3 is 0 Å². The molecule has 1 aliphatic rings. The predicted molar refractivity (Wildman–Crippen MR) is 76.4 cm³/mol. The molecule has 1 saturated carbocycles. The molecule has 1 atom stereocenters. The average Bonchev–Trinajstić information content (AvgIpc) is 2.57. The largest absolute Gasteiger partial charge is 0.313 e. The van der Waals surface area contributed by atoms with E-state index in [0.29, 0.717) is 6.04 Å². The lowest BCUT2D eigenvalue weighted by Gasteiger charge is -2.28. The third-order valence-electron chi connectivity index (χ3n) is 4.38. The first-order chi connectivity index (χ1) is 8.11. The number of rotatable bonds is 6. The van der Waals surface area contributed by atoms with Crippen molar-refractivity contribution in [3.63, 3.8) is 0 Å². The molecular formula is C15H32N2. The number of hydrogen-bond acceptors (Lipinski definition) is 2. The van der Waals surface area contributed by atoms with Crippen molar-refractivity contribution < 1.29 is 0 Å². The number of hydrogen-bond donors (Lipinski definition) is 1. The predicted octanol–water partition coefficient (Wildman–Crippen LogP) is 3.28. The maximum atomic E-state index is 3.63. The van der Waals surface area contributed by atoms with Crippen LogP contribution in [0.25, 0.3) is 0 Å². The summed E-state index contributed by atoms with van der Waals surface area (Å²) in [7, 11) is 2.30. The van der Waals surface area contributed by atoms with Crippen LogP contribution in [-0.4, -0.2) is 37.1 Å². The second-order valence-electron chi connectivity index (χ2n) is 6.11. The Kier molecular flexibility index (Phi) is 7.14. The van der Waals surface area contributed by atoms with E-state index < -0.39 is 0 Å². The normalized spacial score (nSPS) is 20.8. The molecule has 0 aromatic heterocycles. The molecule has 0 aromatic rings. The van der Waals surface area contributed by atoms with Gasteiger partial charge in [-0.2, -0.15) is 0 Å². The summed E-state index contributed by atoms with van der Waals surface area (Å²) in [4.78, 5) is 2.57. The molecule has 0 bridgehead atoms. The van der Waals surface area contributed by atoms with Crippen molar-refractivity contribution in [2.24, 2.45) is 5.92 Å². The highest BCUT2D eigenvalue weighted by Crippen LogP contribution is 2.20. The molecule has 0 heterocycles. The molecule has 0 spiro atoms. The summed E-state index contributed by atoms with van der Waals surface area (Å²) >= 11 is 0. The molecule has 1 N–H and O–H groups in total. The van der Waals surface area contributed by atoms with Crippen LogP contribution in [0.1, 0.15) is 59.3 Å². The lowest BCUT2D eigenvalue weighted by Crippen LogP contribution is -2.40. The Balaban J connectivity index is 2.17. The highest BCUT2D eigenvalue weighted by molar-refractivity contribution is 4.73. The van der Waals surface area contributed by atoms with Gasteiger partial charge in [0.05, 0.1) is 0 Å². The molecular weight excluding hydrogens is 208 g/mol. The van der Waals surface area contributed by atoms with Crippen LogP contribution >= 0.6 is 0 Å². The van der Waals surface area contributed by atoms with Gasteiger partial charge in [-0.1, -0.05) is 39.5 Å². The first kappa shape index (κ1) is 15.0. The van der Waals surface area contributed by atoms with Crippen LogP contribution in [0.2, 0.25) is 0 Å². The summed E-state index contributed by atoms with van der Waals surface area (Å²) < 4.78 is 0. The maximum absolute atomic E-state index is 3.63. The molecule has 1 aliphatic carbocycles. The highest BCUT2D eigenvalue weighted by Gasteiger charge is 2.16. The lowest BCUT2D eigenvalue weighted by molar-refractivity contribution is 0.217. The van der Waals surface area contributed by atoms with Crippen molar-refractivity contribution in [2.75, 3.05) is 20.1 Å². The maximum Gasteiger partial charge on any atom is 0.0107 e. The van der Waals surface area contributed by atoms with Gasteiger partial charge in [-0.05, 0) is 32.7 Å². The summed E-state index contributed by atoms with van der Waals surface area (Å²) in [5.74, 6) is 0.734. The van der Waals surface area contributed by atoms with Gasteiger partial charge in [-0.3, -0.25) is 0 Å². The molecule has 1 fully saturated rings. The molecule has 1 rings (SSSR count). The van der Waals surface area contributed by atoms with Crippen LogP contribution in [0, 0.1) is 5.92 Å². The lowest BCUT2D eigenvalue weighted by atomic mass is 10.1. The Morgan fingerprint density at radius 2 is 1.65 bits per heavy atom. The van der Waals surface area contributed by atoms with E-state index in [2.05, 4.69) is 38.0 Å². The van der Waals surface area contributed by atoms with Crippen LogP contribution in [-0.2, 0) is 0 Å². The first-order valence-corrected chi connectivity index (χ1v) is 7.55. The molecule has 0 saturated heterocycles. The zero-order valence-corrected chi connectivity index (χ0v) is 12.3. The van der Waals surface area contributed by atoms with E-state index in [-0.39, 0.29) is 0 Å². The van der Waals surface area contributed by atoms with Gasteiger partial charge in [-0.25, -0.2) is 0 Å². The van der Waals surface area contributed by atoms with Crippen LogP contribution in [0.4, 0.5) is 0 Å². The highest BCUT2D eigenvalue weighted by atomic mass is 15.1. The first-order valence-electron chi connectivity index (χ1n) is 7.55. The third-order valence-corrected chi connectivity index (χ3v) is 4.38. The third kappa shape index (κ3) is 5.87. The summed E-state index contributed by atoms with van der Waals surface area (Å²) in [5.41, 5.74) is 0. The van der Waals surface area contributed by atoms with Gasteiger partial charge in [0.25, 0.3) is 0 Å². The summed E-state index contributed by atoms with van der Waals surface area (Å²) in [5, 5.41) is 3.63. The van der Waals surface area contributed by atoms with Gasteiger partial charge in [0.1, 0.15) is 0 Å². The Morgan fingerprint density at radius 1 is 1.06 bits per heavy atom. The molecule has 0 radical (unpaired) electrons. The molecule has 102 valence electrons. The quantitative estimate of drug-likeness (QED) is 0.717. The fourth-order valence-corrected chi connectivity index (χ4v) is 2.59. The molecule has 0 aliphatic heterocycles. The standard InChI is InChI=1S/C15H32N2/c1-13(2)14(3)16-11-12-17(4)15-9-7-5-6-8-10-15/h13-16H,5-12H2,1-4H3. The fraction of sp³-hybridized carbons (Fsp3) is 1.00. The SMILES string of the molecule is CC(C)C(C)NCCN(C)C1CCCCCC1. The Hall–Kier alpha value is -0.0800. The summed E-state index contributed by atoms with van der Waals surface area (Å²) in [6.45, 7) is 9.18. The van der Waals surface area contributed by atoms with Gasteiger partial charge in [-0.15, -0.1) is 0 Å². The minimum absolute atomic E-state index is 0.637. The van der Waals surface area contributed by atoms with Crippen molar-refractivity contribution >= 4 is 0 Å². The minimum Gasteiger partial charge on any atom is -0.313 e.